The largest absolute Gasteiger partial charge is 0.477 e. The van der Waals surface area contributed by atoms with Crippen molar-refractivity contribution in [2.45, 2.75) is 18.1 Å². The number of nitrogens with one attached hydrogen (secondary N) is 1. The molecule has 1 aromatic heterocycles. The van der Waals surface area contributed by atoms with E-state index in [-0.39, 0.29) is 9.09 Å². The maximum Gasteiger partial charge on any atom is 0.346 e. The summed E-state index contributed by atoms with van der Waals surface area (Å²) < 4.78 is 27.8. The molecule has 1 fully saturated rings. The number of hydrogen-bond acceptors (Lipinski definition) is 6. The van der Waals surface area contributed by atoms with Crippen LogP contribution in [0.15, 0.2) is 28.5 Å². The van der Waals surface area contributed by atoms with Crippen molar-refractivity contribution in [2.75, 3.05) is 34.2 Å². The number of nitrogens with zero attached hydrogens (tertiary/aromatic N) is 1. The third kappa shape index (κ3) is 3.99. The number of anilines is 2. The second kappa shape index (κ2) is 7.50. The number of sulfonamides is 1. The summed E-state index contributed by atoms with van der Waals surface area (Å²) in [5.74, 6) is 1.07. The van der Waals surface area contributed by atoms with E-state index < -0.39 is 16.0 Å². The molecule has 0 spiro atoms. The number of carbonyl (C=O) groups is 1. The monoisotopic (exact) mass is 412 g/mol. The Balaban J connectivity index is 1.83. The van der Waals surface area contributed by atoms with Gasteiger partial charge in [-0.1, -0.05) is 0 Å². The summed E-state index contributed by atoms with van der Waals surface area (Å²) >= 11 is 2.70. The minimum absolute atomic E-state index is 0.00364. The van der Waals surface area contributed by atoms with Crippen molar-refractivity contribution in [3.05, 3.63) is 40.3 Å². The summed E-state index contributed by atoms with van der Waals surface area (Å²) in [6, 6.07) is 7.06. The molecule has 0 saturated carbocycles. The highest BCUT2D eigenvalue weighted by Crippen LogP contribution is 2.30. The molecule has 1 aliphatic rings. The van der Waals surface area contributed by atoms with Gasteiger partial charge in [-0.2, -0.15) is 11.8 Å². The van der Waals surface area contributed by atoms with Gasteiger partial charge < -0.3 is 10.0 Å². The van der Waals surface area contributed by atoms with Crippen molar-refractivity contribution in [3.63, 3.8) is 0 Å². The van der Waals surface area contributed by atoms with Gasteiger partial charge in [0.25, 0.3) is 10.0 Å². The van der Waals surface area contributed by atoms with Crippen LogP contribution in [-0.2, 0) is 10.0 Å². The van der Waals surface area contributed by atoms with E-state index in [9.17, 15) is 13.2 Å². The zero-order valence-electron chi connectivity index (χ0n) is 14.5. The SMILES string of the molecule is Cc1cc(N2CCSCC2)ccc1NS(=O)(=O)c1cc(C)c(C(=O)O)s1. The van der Waals surface area contributed by atoms with E-state index in [1.165, 1.54) is 6.07 Å². The summed E-state index contributed by atoms with van der Waals surface area (Å²) in [6.07, 6.45) is 0. The first-order valence-electron chi connectivity index (χ1n) is 8.08. The second-order valence-electron chi connectivity index (χ2n) is 6.09. The van der Waals surface area contributed by atoms with Crippen LogP contribution in [-0.4, -0.2) is 44.1 Å². The number of carboxylic acids is 1. The third-order valence-corrected chi connectivity index (χ3v) is 8.19. The van der Waals surface area contributed by atoms with Crippen LogP contribution in [0.2, 0.25) is 0 Å². The number of aromatic carboxylic acids is 1. The normalized spacial score (nSPS) is 15.1. The Bertz CT molecular complexity index is 931. The van der Waals surface area contributed by atoms with Crippen LogP contribution < -0.4 is 9.62 Å². The van der Waals surface area contributed by atoms with Gasteiger partial charge in [-0.05, 0) is 49.2 Å². The van der Waals surface area contributed by atoms with Crippen molar-refractivity contribution >= 4 is 50.5 Å². The molecule has 0 atom stereocenters. The summed E-state index contributed by atoms with van der Waals surface area (Å²) in [4.78, 5) is 13.5. The van der Waals surface area contributed by atoms with Gasteiger partial charge in [0.2, 0.25) is 0 Å². The molecule has 0 bridgehead atoms. The lowest BCUT2D eigenvalue weighted by Gasteiger charge is -2.29. The summed E-state index contributed by atoms with van der Waals surface area (Å²) in [5.41, 5.74) is 2.86. The molecule has 2 heterocycles. The van der Waals surface area contributed by atoms with Crippen LogP contribution in [0.1, 0.15) is 20.8 Å². The molecule has 1 saturated heterocycles. The average molecular weight is 413 g/mol. The van der Waals surface area contributed by atoms with Crippen molar-refractivity contribution in [3.8, 4) is 0 Å². The highest BCUT2D eigenvalue weighted by Gasteiger charge is 2.22. The van der Waals surface area contributed by atoms with Crippen molar-refractivity contribution < 1.29 is 18.3 Å². The predicted molar refractivity (Wildman–Crippen MR) is 108 cm³/mol. The van der Waals surface area contributed by atoms with Gasteiger partial charge in [0.05, 0.1) is 5.69 Å². The molecular formula is C17H20N2O4S3. The molecule has 9 heteroatoms. The van der Waals surface area contributed by atoms with Gasteiger partial charge in [-0.15, -0.1) is 11.3 Å². The topological polar surface area (TPSA) is 86.7 Å². The molecule has 140 valence electrons. The van der Waals surface area contributed by atoms with Crippen LogP contribution in [0, 0.1) is 13.8 Å². The molecule has 0 amide bonds. The zero-order valence-corrected chi connectivity index (χ0v) is 16.9. The lowest BCUT2D eigenvalue weighted by molar-refractivity contribution is 0.0701. The second-order valence-corrected chi connectivity index (χ2v) is 10.3. The fourth-order valence-electron chi connectivity index (χ4n) is 2.77. The summed E-state index contributed by atoms with van der Waals surface area (Å²) in [6.45, 7) is 5.43. The highest BCUT2D eigenvalue weighted by molar-refractivity contribution is 7.99. The smallest absolute Gasteiger partial charge is 0.346 e. The average Bonchev–Trinajstić information content (AvgIpc) is 3.00. The number of thiophene rings is 1. The van der Waals surface area contributed by atoms with E-state index in [0.29, 0.717) is 11.3 Å². The predicted octanol–water partition coefficient (Wildman–Crippen LogP) is 3.42. The van der Waals surface area contributed by atoms with E-state index >= 15 is 0 Å². The van der Waals surface area contributed by atoms with Crippen molar-refractivity contribution in [2.24, 2.45) is 0 Å². The van der Waals surface area contributed by atoms with Gasteiger partial charge in [-0.25, -0.2) is 13.2 Å². The van der Waals surface area contributed by atoms with Crippen LogP contribution in [0.3, 0.4) is 0 Å². The number of thioether (sulfide) groups is 1. The van der Waals surface area contributed by atoms with Crippen LogP contribution in [0.25, 0.3) is 0 Å². The fourth-order valence-corrected chi connectivity index (χ4v) is 6.19. The number of hydrogen-bond donors (Lipinski definition) is 2. The van der Waals surface area contributed by atoms with Gasteiger partial charge in [0.15, 0.2) is 0 Å². The lowest BCUT2D eigenvalue weighted by Crippen LogP contribution is -2.32. The maximum atomic E-state index is 12.6. The number of benzene rings is 1. The summed E-state index contributed by atoms with van der Waals surface area (Å²) in [5, 5.41) is 9.12. The maximum absolute atomic E-state index is 12.6. The fraction of sp³-hybridized carbons (Fsp3) is 0.353. The number of rotatable bonds is 5. The molecule has 2 N–H and O–H groups in total. The Morgan fingerprint density at radius 2 is 1.85 bits per heavy atom. The van der Waals surface area contributed by atoms with E-state index in [1.807, 2.05) is 30.8 Å². The Hall–Kier alpha value is -1.71. The standard InChI is InChI=1S/C17H20N2O4S3/c1-11-9-13(19-5-7-24-8-6-19)3-4-14(11)18-26(22,23)15-10-12(2)16(25-15)17(20)21/h3-4,9-10,18H,5-8H2,1-2H3,(H,20,21). The first-order valence-corrected chi connectivity index (χ1v) is 11.5. The minimum atomic E-state index is -3.82. The molecule has 26 heavy (non-hydrogen) atoms. The Labute approximate surface area is 161 Å². The quantitative estimate of drug-likeness (QED) is 0.783. The van der Waals surface area contributed by atoms with Crippen LogP contribution in [0.4, 0.5) is 11.4 Å². The lowest BCUT2D eigenvalue weighted by atomic mass is 10.1. The molecule has 3 rings (SSSR count). The van der Waals surface area contributed by atoms with E-state index in [4.69, 9.17) is 5.11 Å². The Morgan fingerprint density at radius 1 is 1.15 bits per heavy atom. The number of aryl methyl sites for hydroxylation is 2. The van der Waals surface area contributed by atoms with Gasteiger partial charge in [-0.3, -0.25) is 4.72 Å². The molecule has 0 unspecified atom stereocenters. The molecule has 1 aromatic carbocycles. The van der Waals surface area contributed by atoms with E-state index in [1.54, 1.807) is 13.0 Å². The molecular weight excluding hydrogens is 392 g/mol. The molecule has 0 radical (unpaired) electrons. The van der Waals surface area contributed by atoms with Gasteiger partial charge in [0, 0.05) is 30.3 Å². The molecule has 1 aliphatic heterocycles. The van der Waals surface area contributed by atoms with Gasteiger partial charge >= 0.3 is 5.97 Å². The van der Waals surface area contributed by atoms with Crippen LogP contribution >= 0.6 is 23.1 Å². The Morgan fingerprint density at radius 3 is 2.42 bits per heavy atom. The first-order chi connectivity index (χ1) is 12.3. The van der Waals surface area contributed by atoms with Crippen molar-refractivity contribution in [1.82, 2.24) is 0 Å². The van der Waals surface area contributed by atoms with Gasteiger partial charge in [0.1, 0.15) is 9.09 Å². The molecule has 2 aromatic rings. The third-order valence-electron chi connectivity index (χ3n) is 4.18. The zero-order chi connectivity index (χ0) is 18.9. The van der Waals surface area contributed by atoms with Crippen LogP contribution in [0.5, 0.6) is 0 Å². The van der Waals surface area contributed by atoms with E-state index in [2.05, 4.69) is 9.62 Å². The number of carboxylic acid groups (broad SMARTS) is 1. The van der Waals surface area contributed by atoms with Crippen molar-refractivity contribution in [1.29, 1.82) is 0 Å². The first kappa shape index (κ1) is 19.1. The highest BCUT2D eigenvalue weighted by atomic mass is 32.2. The minimum Gasteiger partial charge on any atom is -0.477 e. The summed E-state index contributed by atoms with van der Waals surface area (Å²) in [7, 11) is -3.82. The Kier molecular flexibility index (Phi) is 5.50. The molecule has 6 nitrogen and oxygen atoms in total. The molecule has 0 aliphatic carbocycles. The van der Waals surface area contributed by atoms with E-state index in [0.717, 1.165) is 47.2 Å².